The maximum absolute atomic E-state index is 4.26. The second-order valence-corrected chi connectivity index (χ2v) is 2.60. The van der Waals surface area contributed by atoms with Crippen molar-refractivity contribution < 1.29 is 0 Å². The zero-order valence-electron chi connectivity index (χ0n) is 5.86. The Balaban J connectivity index is 2.43. The smallest absolute Gasteiger partial charge is 0.0951 e. The first-order chi connectivity index (χ1) is 4.86. The Morgan fingerprint density at radius 2 is 2.60 bits per heavy atom. The van der Waals surface area contributed by atoms with Gasteiger partial charge in [-0.05, 0) is 6.92 Å². The largest absolute Gasteiger partial charge is 0.328 e. The molecular weight excluding hydrogens is 126 g/mol. The van der Waals surface area contributed by atoms with Gasteiger partial charge in [0.1, 0.15) is 0 Å². The van der Waals surface area contributed by atoms with Crippen LogP contribution in [0.4, 0.5) is 0 Å². The van der Waals surface area contributed by atoms with Gasteiger partial charge in [0.25, 0.3) is 0 Å². The van der Waals surface area contributed by atoms with Crippen molar-refractivity contribution in [3.05, 3.63) is 18.2 Å². The molecule has 2 heterocycles. The molecule has 1 aromatic rings. The summed E-state index contributed by atoms with van der Waals surface area (Å²) < 4.78 is 2.11. The average molecular weight is 135 g/mol. The molecule has 52 valence electrons. The van der Waals surface area contributed by atoms with Gasteiger partial charge in [0.2, 0.25) is 0 Å². The first-order valence-electron chi connectivity index (χ1n) is 3.39. The molecule has 0 saturated carbocycles. The van der Waals surface area contributed by atoms with E-state index in [1.165, 1.54) is 0 Å². The van der Waals surface area contributed by atoms with Gasteiger partial charge in [-0.3, -0.25) is 4.99 Å². The minimum absolute atomic E-state index is 0.404. The van der Waals surface area contributed by atoms with E-state index in [4.69, 9.17) is 0 Å². The topological polar surface area (TPSA) is 30.2 Å². The van der Waals surface area contributed by atoms with Crippen LogP contribution in [0.5, 0.6) is 0 Å². The normalized spacial score (nSPS) is 22.7. The number of imidazole rings is 1. The van der Waals surface area contributed by atoms with Crippen molar-refractivity contribution in [1.29, 1.82) is 0 Å². The summed E-state index contributed by atoms with van der Waals surface area (Å²) in [6.07, 6.45) is 5.55. The van der Waals surface area contributed by atoms with Crippen LogP contribution >= 0.6 is 0 Å². The predicted molar refractivity (Wildman–Crippen MR) is 39.3 cm³/mol. The third-order valence-electron chi connectivity index (χ3n) is 1.67. The molecule has 1 aliphatic rings. The van der Waals surface area contributed by atoms with Gasteiger partial charge in [0.15, 0.2) is 0 Å². The lowest BCUT2D eigenvalue weighted by atomic mass is 10.3. The molecule has 2 rings (SSSR count). The summed E-state index contributed by atoms with van der Waals surface area (Å²) in [6, 6.07) is 0.404. The number of hydrogen-bond donors (Lipinski definition) is 0. The zero-order valence-corrected chi connectivity index (χ0v) is 5.86. The Morgan fingerprint density at radius 1 is 1.70 bits per heavy atom. The summed E-state index contributed by atoms with van der Waals surface area (Å²) >= 11 is 0. The minimum atomic E-state index is 0.404. The van der Waals surface area contributed by atoms with Crippen molar-refractivity contribution in [1.82, 2.24) is 9.55 Å². The Morgan fingerprint density at radius 3 is 3.50 bits per heavy atom. The van der Waals surface area contributed by atoms with Gasteiger partial charge in [-0.1, -0.05) is 0 Å². The molecular formula is C7H9N3. The van der Waals surface area contributed by atoms with Crippen LogP contribution in [0.15, 0.2) is 17.5 Å². The molecule has 3 nitrogen and oxygen atoms in total. The van der Waals surface area contributed by atoms with Gasteiger partial charge in [-0.15, -0.1) is 0 Å². The van der Waals surface area contributed by atoms with Crippen molar-refractivity contribution in [2.75, 3.05) is 0 Å². The van der Waals surface area contributed by atoms with E-state index >= 15 is 0 Å². The number of aliphatic imine (C=N–C) groups is 1. The number of aromatic nitrogens is 2. The summed E-state index contributed by atoms with van der Waals surface area (Å²) in [5, 5.41) is 0. The summed E-state index contributed by atoms with van der Waals surface area (Å²) in [5.74, 6) is 0. The molecule has 10 heavy (non-hydrogen) atoms. The third-order valence-corrected chi connectivity index (χ3v) is 1.67. The first-order valence-corrected chi connectivity index (χ1v) is 3.39. The monoisotopic (exact) mass is 135 g/mol. The summed E-state index contributed by atoms with van der Waals surface area (Å²) in [7, 11) is 0. The minimum Gasteiger partial charge on any atom is -0.328 e. The maximum Gasteiger partial charge on any atom is 0.0951 e. The molecule has 1 unspecified atom stereocenters. The van der Waals surface area contributed by atoms with E-state index in [9.17, 15) is 0 Å². The number of hydrogen-bond acceptors (Lipinski definition) is 2. The summed E-state index contributed by atoms with van der Waals surface area (Å²) in [6.45, 7) is 3.06. The quantitative estimate of drug-likeness (QED) is 0.515. The molecule has 0 aliphatic carbocycles. The third kappa shape index (κ3) is 0.744. The van der Waals surface area contributed by atoms with Crippen LogP contribution in [0.1, 0.15) is 12.6 Å². The van der Waals surface area contributed by atoms with Crippen LogP contribution in [0.2, 0.25) is 0 Å². The number of nitrogens with zero attached hydrogens (tertiary/aromatic N) is 3. The van der Waals surface area contributed by atoms with Crippen molar-refractivity contribution >= 4 is 6.21 Å². The van der Waals surface area contributed by atoms with Gasteiger partial charge in [0.05, 0.1) is 24.3 Å². The standard InChI is InChI=1S/C7H9N3/c1-6-4-10-5-8-2-7(10)3-9-6/h2-3,5-6H,4H2,1H3. The van der Waals surface area contributed by atoms with Crippen molar-refractivity contribution in [3.63, 3.8) is 0 Å². The van der Waals surface area contributed by atoms with E-state index in [2.05, 4.69) is 21.5 Å². The average Bonchev–Trinajstić information content (AvgIpc) is 2.33. The van der Waals surface area contributed by atoms with E-state index in [0.717, 1.165) is 12.2 Å². The fraction of sp³-hybridized carbons (Fsp3) is 0.429. The van der Waals surface area contributed by atoms with Crippen LogP contribution in [-0.4, -0.2) is 21.8 Å². The maximum atomic E-state index is 4.26. The molecule has 0 radical (unpaired) electrons. The molecule has 3 heteroatoms. The lowest BCUT2D eigenvalue weighted by Gasteiger charge is -2.13. The molecule has 1 aliphatic heterocycles. The summed E-state index contributed by atoms with van der Waals surface area (Å²) in [4.78, 5) is 8.27. The highest BCUT2D eigenvalue weighted by Crippen LogP contribution is 2.05. The van der Waals surface area contributed by atoms with E-state index in [-0.39, 0.29) is 0 Å². The zero-order chi connectivity index (χ0) is 6.97. The van der Waals surface area contributed by atoms with E-state index in [0.29, 0.717) is 6.04 Å². The van der Waals surface area contributed by atoms with Crippen LogP contribution in [-0.2, 0) is 6.54 Å². The summed E-state index contributed by atoms with van der Waals surface area (Å²) in [5.41, 5.74) is 1.11. The first kappa shape index (κ1) is 5.65. The van der Waals surface area contributed by atoms with Crippen LogP contribution in [0.25, 0.3) is 0 Å². The molecule has 0 bridgehead atoms. The van der Waals surface area contributed by atoms with E-state index < -0.39 is 0 Å². The van der Waals surface area contributed by atoms with Crippen molar-refractivity contribution in [3.8, 4) is 0 Å². The lowest BCUT2D eigenvalue weighted by molar-refractivity contribution is 0.576. The molecule has 0 saturated heterocycles. The van der Waals surface area contributed by atoms with Gasteiger partial charge in [-0.2, -0.15) is 0 Å². The Hall–Kier alpha value is -1.12. The Kier molecular flexibility index (Phi) is 1.09. The SMILES string of the molecule is CC1Cn2cncc2C=N1. The van der Waals surface area contributed by atoms with Crippen molar-refractivity contribution in [2.45, 2.75) is 19.5 Å². The van der Waals surface area contributed by atoms with E-state index in [1.807, 2.05) is 18.7 Å². The van der Waals surface area contributed by atoms with Gasteiger partial charge >= 0.3 is 0 Å². The Labute approximate surface area is 59.4 Å². The molecule has 0 amide bonds. The van der Waals surface area contributed by atoms with Gasteiger partial charge in [0, 0.05) is 12.8 Å². The second-order valence-electron chi connectivity index (χ2n) is 2.60. The molecule has 0 fully saturated rings. The predicted octanol–water partition coefficient (Wildman–Crippen LogP) is 0.704. The lowest BCUT2D eigenvalue weighted by Crippen LogP contribution is -2.16. The fourth-order valence-electron chi connectivity index (χ4n) is 1.13. The second kappa shape index (κ2) is 1.94. The van der Waals surface area contributed by atoms with Crippen molar-refractivity contribution in [2.24, 2.45) is 4.99 Å². The molecule has 0 spiro atoms. The molecule has 0 N–H and O–H groups in total. The molecule has 0 aromatic carbocycles. The fourth-order valence-corrected chi connectivity index (χ4v) is 1.13. The van der Waals surface area contributed by atoms with Gasteiger partial charge in [-0.25, -0.2) is 4.98 Å². The highest BCUT2D eigenvalue weighted by atomic mass is 15.1. The Bertz CT molecular complexity index is 262. The highest BCUT2D eigenvalue weighted by Gasteiger charge is 2.08. The van der Waals surface area contributed by atoms with Crippen LogP contribution in [0, 0.1) is 0 Å². The van der Waals surface area contributed by atoms with E-state index in [1.54, 1.807) is 0 Å². The molecule has 1 aromatic heterocycles. The highest BCUT2D eigenvalue weighted by molar-refractivity contribution is 5.77. The van der Waals surface area contributed by atoms with Crippen LogP contribution < -0.4 is 0 Å². The van der Waals surface area contributed by atoms with Gasteiger partial charge < -0.3 is 4.57 Å². The number of fused-ring (bicyclic) bond motifs is 1. The number of rotatable bonds is 0. The molecule has 1 atom stereocenters. The van der Waals surface area contributed by atoms with Crippen LogP contribution in [0.3, 0.4) is 0 Å².